The van der Waals surface area contributed by atoms with Crippen LogP contribution < -0.4 is 20.1 Å². The third-order valence-electron chi connectivity index (χ3n) is 5.51. The Kier molecular flexibility index (Phi) is 3.45. The summed E-state index contributed by atoms with van der Waals surface area (Å²) >= 11 is 0. The Morgan fingerprint density at radius 3 is 2.96 bits per heavy atom. The summed E-state index contributed by atoms with van der Waals surface area (Å²) in [5, 5.41) is 0. The van der Waals surface area contributed by atoms with Crippen LogP contribution in [0.4, 0.5) is 14.6 Å². The van der Waals surface area contributed by atoms with Crippen LogP contribution in [0.25, 0.3) is 0 Å². The van der Waals surface area contributed by atoms with E-state index < -0.39 is 17.3 Å². The summed E-state index contributed by atoms with van der Waals surface area (Å²) in [4.78, 5) is 18.7. The molecule has 142 valence electrons. The highest BCUT2D eigenvalue weighted by Gasteiger charge is 2.58. The van der Waals surface area contributed by atoms with E-state index in [2.05, 4.69) is 9.88 Å². The average Bonchev–Trinajstić information content (AvgIpc) is 3.31. The lowest BCUT2D eigenvalue weighted by Crippen LogP contribution is -2.46. The third-order valence-corrected chi connectivity index (χ3v) is 5.51. The second kappa shape index (κ2) is 5.66. The van der Waals surface area contributed by atoms with Crippen molar-refractivity contribution in [1.29, 1.82) is 0 Å². The molecule has 1 spiro atoms. The number of methoxy groups -OCH3 is 1. The predicted octanol–water partition coefficient (Wildman–Crippen LogP) is 1.47. The summed E-state index contributed by atoms with van der Waals surface area (Å²) in [6.07, 6.45) is 1.01. The standard InChI is InChI=1S/C18H17F2N3O4/c1-25-14-15(26-7-10-2-3-12(19)13(20)4-10)21-17(24)22-8-18-5-11(27-9-18)6-23(18)16(14)22/h2-4,11H,5-9H2,1H3/t11-,18+/m0/s1. The van der Waals surface area contributed by atoms with E-state index in [4.69, 9.17) is 14.2 Å². The van der Waals surface area contributed by atoms with Gasteiger partial charge < -0.3 is 19.1 Å². The maximum atomic E-state index is 13.4. The minimum atomic E-state index is -0.958. The maximum Gasteiger partial charge on any atom is 0.352 e. The number of rotatable bonds is 4. The van der Waals surface area contributed by atoms with Gasteiger partial charge in [0.2, 0.25) is 5.75 Å². The fourth-order valence-corrected chi connectivity index (χ4v) is 4.29. The van der Waals surface area contributed by atoms with Gasteiger partial charge in [-0.15, -0.1) is 0 Å². The number of nitrogens with zero attached hydrogens (tertiary/aromatic N) is 3. The molecule has 3 aliphatic heterocycles. The fraction of sp³-hybridized carbons (Fsp3) is 0.444. The highest BCUT2D eigenvalue weighted by molar-refractivity contribution is 5.64. The van der Waals surface area contributed by atoms with E-state index in [0.29, 0.717) is 36.8 Å². The van der Waals surface area contributed by atoms with E-state index in [1.54, 1.807) is 4.57 Å². The number of benzene rings is 1. The average molecular weight is 377 g/mol. The number of aromatic nitrogens is 2. The Hall–Kier alpha value is -2.68. The molecule has 4 heterocycles. The first-order chi connectivity index (χ1) is 13.0. The van der Waals surface area contributed by atoms with Crippen molar-refractivity contribution in [3.63, 3.8) is 0 Å². The molecule has 0 aliphatic carbocycles. The number of hydrogen-bond acceptors (Lipinski definition) is 6. The van der Waals surface area contributed by atoms with E-state index in [9.17, 15) is 13.6 Å². The quantitative estimate of drug-likeness (QED) is 0.804. The largest absolute Gasteiger partial charge is 0.489 e. The predicted molar refractivity (Wildman–Crippen MR) is 90.2 cm³/mol. The zero-order valence-corrected chi connectivity index (χ0v) is 14.6. The molecule has 7 nitrogen and oxygen atoms in total. The zero-order chi connectivity index (χ0) is 18.8. The van der Waals surface area contributed by atoms with Crippen LogP contribution >= 0.6 is 0 Å². The van der Waals surface area contributed by atoms with Crippen molar-refractivity contribution in [3.8, 4) is 11.6 Å². The number of hydrogen-bond donors (Lipinski definition) is 0. The maximum absolute atomic E-state index is 13.4. The lowest BCUT2D eigenvalue weighted by molar-refractivity contribution is 0.0855. The molecule has 1 aromatic heterocycles. The molecule has 0 radical (unpaired) electrons. The molecule has 0 unspecified atom stereocenters. The number of morpholine rings is 1. The lowest BCUT2D eigenvalue weighted by Gasteiger charge is -2.32. The normalized spacial score (nSPS) is 24.9. The van der Waals surface area contributed by atoms with Gasteiger partial charge in [-0.05, 0) is 17.7 Å². The molecule has 9 heteroatoms. The zero-order valence-electron chi connectivity index (χ0n) is 14.6. The first-order valence-corrected chi connectivity index (χ1v) is 8.65. The van der Waals surface area contributed by atoms with E-state index in [1.807, 2.05) is 0 Å². The molecule has 2 aromatic rings. The van der Waals surface area contributed by atoms with Gasteiger partial charge in [-0.2, -0.15) is 4.98 Å². The van der Waals surface area contributed by atoms with Crippen LogP contribution in [0.1, 0.15) is 12.0 Å². The minimum absolute atomic E-state index is 0.0409. The SMILES string of the molecule is COc1c(OCc2ccc(F)c(F)c2)nc(=O)n2c1N1C[C@@H]3C[C@]1(CO3)C2. The van der Waals surface area contributed by atoms with Gasteiger partial charge in [0.05, 0.1) is 31.9 Å². The van der Waals surface area contributed by atoms with Gasteiger partial charge in [-0.3, -0.25) is 4.57 Å². The van der Waals surface area contributed by atoms with Crippen molar-refractivity contribution in [3.05, 3.63) is 45.9 Å². The number of fused-ring (bicyclic) bond motifs is 3. The molecular weight excluding hydrogens is 360 g/mol. The smallest absolute Gasteiger partial charge is 0.352 e. The molecule has 5 rings (SSSR count). The Morgan fingerprint density at radius 2 is 2.22 bits per heavy atom. The van der Waals surface area contributed by atoms with Gasteiger partial charge in [0.25, 0.3) is 5.88 Å². The summed E-state index contributed by atoms with van der Waals surface area (Å²) in [7, 11) is 1.49. The highest BCUT2D eigenvalue weighted by Crippen LogP contribution is 2.50. The van der Waals surface area contributed by atoms with Crippen LogP contribution in [-0.4, -0.2) is 41.5 Å². The molecule has 3 aliphatic rings. The molecule has 0 amide bonds. The first kappa shape index (κ1) is 16.5. The lowest BCUT2D eigenvalue weighted by atomic mass is 10.0. The van der Waals surface area contributed by atoms with Crippen LogP contribution in [-0.2, 0) is 17.9 Å². The number of halogens is 2. The second-order valence-corrected chi connectivity index (χ2v) is 7.15. The van der Waals surface area contributed by atoms with Gasteiger partial charge in [-0.25, -0.2) is 13.6 Å². The van der Waals surface area contributed by atoms with E-state index >= 15 is 0 Å². The van der Waals surface area contributed by atoms with Crippen LogP contribution in [0, 0.1) is 11.6 Å². The van der Waals surface area contributed by atoms with Crippen molar-refractivity contribution in [2.24, 2.45) is 0 Å². The van der Waals surface area contributed by atoms with Crippen molar-refractivity contribution in [2.45, 2.75) is 31.2 Å². The Labute approximate surface area is 153 Å². The van der Waals surface area contributed by atoms with Gasteiger partial charge in [0, 0.05) is 13.0 Å². The Balaban J connectivity index is 1.50. The number of anilines is 1. The van der Waals surface area contributed by atoms with Gasteiger partial charge in [0.1, 0.15) is 6.61 Å². The van der Waals surface area contributed by atoms with Crippen molar-refractivity contribution < 1.29 is 23.0 Å². The first-order valence-electron chi connectivity index (χ1n) is 8.65. The molecule has 2 bridgehead atoms. The van der Waals surface area contributed by atoms with E-state index in [0.717, 1.165) is 18.6 Å². The third kappa shape index (κ3) is 2.34. The molecule has 0 N–H and O–H groups in total. The van der Waals surface area contributed by atoms with Crippen molar-refractivity contribution >= 4 is 5.82 Å². The number of ether oxygens (including phenoxy) is 3. The highest BCUT2D eigenvalue weighted by atomic mass is 19.2. The van der Waals surface area contributed by atoms with Gasteiger partial charge >= 0.3 is 5.69 Å². The Morgan fingerprint density at radius 1 is 1.37 bits per heavy atom. The van der Waals surface area contributed by atoms with Crippen LogP contribution in [0.3, 0.4) is 0 Å². The molecule has 2 saturated heterocycles. The summed E-state index contributed by atoms with van der Waals surface area (Å²) < 4.78 is 45.0. The summed E-state index contributed by atoms with van der Waals surface area (Å²) in [6.45, 7) is 1.68. The summed E-state index contributed by atoms with van der Waals surface area (Å²) in [5.41, 5.74) is -0.244. The monoisotopic (exact) mass is 377 g/mol. The topological polar surface area (TPSA) is 65.8 Å². The molecular formula is C18H17F2N3O4. The van der Waals surface area contributed by atoms with E-state index in [1.165, 1.54) is 13.2 Å². The molecule has 27 heavy (non-hydrogen) atoms. The van der Waals surface area contributed by atoms with Crippen molar-refractivity contribution in [2.75, 3.05) is 25.2 Å². The van der Waals surface area contributed by atoms with E-state index in [-0.39, 0.29) is 24.1 Å². The molecule has 2 atom stereocenters. The molecule has 2 fully saturated rings. The van der Waals surface area contributed by atoms with Crippen LogP contribution in [0.5, 0.6) is 11.6 Å². The van der Waals surface area contributed by atoms with Crippen LogP contribution in [0.15, 0.2) is 23.0 Å². The molecule has 0 saturated carbocycles. The fourth-order valence-electron chi connectivity index (χ4n) is 4.29. The van der Waals surface area contributed by atoms with Crippen molar-refractivity contribution in [1.82, 2.24) is 9.55 Å². The van der Waals surface area contributed by atoms with Gasteiger partial charge in [0.15, 0.2) is 17.5 Å². The van der Waals surface area contributed by atoms with Gasteiger partial charge in [-0.1, -0.05) is 6.07 Å². The second-order valence-electron chi connectivity index (χ2n) is 7.15. The summed E-state index contributed by atoms with van der Waals surface area (Å²) in [5.74, 6) is -0.841. The Bertz CT molecular complexity index is 995. The van der Waals surface area contributed by atoms with Crippen LogP contribution in [0.2, 0.25) is 0 Å². The summed E-state index contributed by atoms with van der Waals surface area (Å²) in [6, 6.07) is 3.49. The molecule has 1 aromatic carbocycles. The minimum Gasteiger partial charge on any atom is -0.489 e.